The first-order valence-corrected chi connectivity index (χ1v) is 16.4. The number of ether oxygens (including phenoxy) is 4. The molecule has 6 aliphatic rings. The van der Waals surface area contributed by atoms with Gasteiger partial charge in [-0.15, -0.1) is 0 Å². The fourth-order valence-corrected chi connectivity index (χ4v) is 9.70. The quantitative estimate of drug-likeness (QED) is 0.149. The van der Waals surface area contributed by atoms with Gasteiger partial charge in [0.2, 0.25) is 5.91 Å². The minimum absolute atomic E-state index is 0.178. The van der Waals surface area contributed by atoms with Crippen LogP contribution in [0.4, 0.5) is 0 Å². The van der Waals surface area contributed by atoms with Crippen molar-refractivity contribution in [1.29, 1.82) is 0 Å². The molecule has 0 aromatic rings. The molecule has 1 spiro atoms. The van der Waals surface area contributed by atoms with E-state index in [9.17, 15) is 29.1 Å². The molecule has 0 radical (unpaired) electrons. The summed E-state index contributed by atoms with van der Waals surface area (Å²) in [6.45, 7) is 10.8. The molecular weight excluding hydrogens is 606 g/mol. The van der Waals surface area contributed by atoms with Crippen molar-refractivity contribution >= 4 is 29.6 Å². The van der Waals surface area contributed by atoms with Crippen LogP contribution in [0, 0.1) is 28.6 Å². The minimum Gasteiger partial charge on any atom is -0.458 e. The third-order valence-corrected chi connectivity index (χ3v) is 12.5. The Morgan fingerprint density at radius 2 is 1.79 bits per heavy atom. The number of fused-ring (bicyclic) bond motifs is 4. The SMILES string of the molecule is CC(=O)OC1C=C(C(C)C2CC(C)=C(C)C(=O)O2)C2(C)CCC3C(CC4OC45C(OC(=O)C=CC(=O)N(C)C)C=CC(=O)C35C)C12O. The Hall–Kier alpha value is -3.57. The first-order valence-electron chi connectivity index (χ1n) is 16.4. The molecule has 11 heteroatoms. The Morgan fingerprint density at radius 1 is 1.09 bits per heavy atom. The monoisotopic (exact) mass is 651 g/mol. The van der Waals surface area contributed by atoms with Crippen LogP contribution in [0.25, 0.3) is 0 Å². The van der Waals surface area contributed by atoms with Gasteiger partial charge in [-0.2, -0.15) is 0 Å². The number of hydrogen-bond acceptors (Lipinski definition) is 10. The average Bonchev–Trinajstić information content (AvgIpc) is 3.69. The molecule has 1 saturated heterocycles. The predicted molar refractivity (Wildman–Crippen MR) is 167 cm³/mol. The van der Waals surface area contributed by atoms with E-state index in [1.165, 1.54) is 17.9 Å². The van der Waals surface area contributed by atoms with Gasteiger partial charge in [-0.1, -0.05) is 25.0 Å². The summed E-state index contributed by atoms with van der Waals surface area (Å²) in [6.07, 6.45) is 6.11. The smallest absolute Gasteiger partial charge is 0.333 e. The lowest BCUT2D eigenvalue weighted by atomic mass is 9.42. The Labute approximate surface area is 275 Å². The molecule has 0 aromatic heterocycles. The van der Waals surface area contributed by atoms with Crippen molar-refractivity contribution in [3.8, 4) is 0 Å². The predicted octanol–water partition coefficient (Wildman–Crippen LogP) is 3.15. The van der Waals surface area contributed by atoms with Crippen LogP contribution >= 0.6 is 0 Å². The van der Waals surface area contributed by atoms with Crippen molar-refractivity contribution in [2.45, 2.75) is 103 Å². The van der Waals surface area contributed by atoms with Crippen molar-refractivity contribution in [3.63, 3.8) is 0 Å². The maximum absolute atomic E-state index is 14.0. The van der Waals surface area contributed by atoms with Crippen molar-refractivity contribution in [3.05, 3.63) is 47.1 Å². The Bertz CT molecular complexity index is 1570. The number of likely N-dealkylation sites (N-methyl/N-ethyl adjacent to an activating group) is 1. The number of aliphatic hydroxyl groups is 1. The van der Waals surface area contributed by atoms with Gasteiger partial charge in [-0.25, -0.2) is 9.59 Å². The molecule has 11 atom stereocenters. The van der Waals surface area contributed by atoms with Crippen LogP contribution in [-0.4, -0.2) is 89.3 Å². The van der Waals surface area contributed by atoms with Crippen molar-refractivity contribution in [2.24, 2.45) is 28.6 Å². The van der Waals surface area contributed by atoms with Gasteiger partial charge in [0.05, 0.1) is 11.5 Å². The van der Waals surface area contributed by atoms with Gasteiger partial charge >= 0.3 is 17.9 Å². The number of hydrogen-bond donors (Lipinski definition) is 1. The number of esters is 3. The summed E-state index contributed by atoms with van der Waals surface area (Å²) in [7, 11) is 3.14. The number of epoxide rings is 1. The molecule has 0 bridgehead atoms. The molecule has 2 aliphatic heterocycles. The fourth-order valence-electron chi connectivity index (χ4n) is 9.70. The maximum Gasteiger partial charge on any atom is 0.333 e. The molecule has 1 N–H and O–H groups in total. The van der Waals surface area contributed by atoms with Crippen LogP contribution in [0.3, 0.4) is 0 Å². The lowest BCUT2D eigenvalue weighted by Crippen LogP contribution is -2.70. The highest BCUT2D eigenvalue weighted by Gasteiger charge is 2.83. The van der Waals surface area contributed by atoms with E-state index in [2.05, 4.69) is 0 Å². The second-order valence-electron chi connectivity index (χ2n) is 14.9. The fraction of sp³-hybridized carbons (Fsp3) is 0.639. The number of nitrogens with zero attached hydrogens (tertiary/aromatic N) is 1. The summed E-state index contributed by atoms with van der Waals surface area (Å²) >= 11 is 0. The van der Waals surface area contributed by atoms with Gasteiger partial charge in [0.1, 0.15) is 23.4 Å². The lowest BCUT2D eigenvalue weighted by molar-refractivity contribution is -0.225. The molecule has 47 heavy (non-hydrogen) atoms. The van der Waals surface area contributed by atoms with Gasteiger partial charge in [-0.3, -0.25) is 14.4 Å². The minimum atomic E-state index is -1.59. The summed E-state index contributed by atoms with van der Waals surface area (Å²) in [4.78, 5) is 65.2. The van der Waals surface area contributed by atoms with Gasteiger partial charge in [0, 0.05) is 56.5 Å². The second-order valence-corrected chi connectivity index (χ2v) is 14.9. The first kappa shape index (κ1) is 33.3. The molecule has 2 saturated carbocycles. The number of cyclic esters (lactones) is 1. The molecule has 2 heterocycles. The standard InChI is InChI=1S/C36H45NO10/c1-18-15-25(45-32(42)19(18)2)20(3)23-16-28(44-21(4)38)35(43)24-17-29-36(47-29)27(46-31(41)12-11-30(40)37(7)8)10-9-26(39)34(36,6)22(24)13-14-33(23,35)5/h9-12,16,20,22,24-25,27-29,43H,13-15,17H2,1-8H3. The summed E-state index contributed by atoms with van der Waals surface area (Å²) in [5.74, 6) is -3.37. The average molecular weight is 652 g/mol. The molecular formula is C36H45NO10. The molecule has 254 valence electrons. The maximum atomic E-state index is 14.0. The molecule has 11 nitrogen and oxygen atoms in total. The Morgan fingerprint density at radius 3 is 2.43 bits per heavy atom. The Balaban J connectivity index is 1.34. The zero-order valence-electron chi connectivity index (χ0n) is 28.3. The number of allylic oxidation sites excluding steroid dienone is 1. The van der Waals surface area contributed by atoms with E-state index in [0.717, 1.165) is 23.3 Å². The van der Waals surface area contributed by atoms with Gasteiger partial charge in [0.15, 0.2) is 11.9 Å². The third-order valence-electron chi connectivity index (χ3n) is 12.5. The summed E-state index contributed by atoms with van der Waals surface area (Å²) in [5.41, 5.74) is -2.31. The van der Waals surface area contributed by atoms with E-state index in [1.54, 1.807) is 27.1 Å². The molecule has 0 aromatic carbocycles. The highest BCUT2D eigenvalue weighted by molar-refractivity contribution is 5.99. The van der Waals surface area contributed by atoms with Crippen LogP contribution in [-0.2, 0) is 42.9 Å². The third kappa shape index (κ3) is 4.55. The van der Waals surface area contributed by atoms with Crippen molar-refractivity contribution < 1.29 is 48.0 Å². The van der Waals surface area contributed by atoms with Crippen LogP contribution < -0.4 is 0 Å². The van der Waals surface area contributed by atoms with Gasteiger partial charge < -0.3 is 29.0 Å². The van der Waals surface area contributed by atoms with Crippen LogP contribution in [0.1, 0.15) is 67.2 Å². The van der Waals surface area contributed by atoms with Crippen molar-refractivity contribution in [2.75, 3.05) is 14.1 Å². The highest BCUT2D eigenvalue weighted by atomic mass is 16.7. The van der Waals surface area contributed by atoms with E-state index < -0.39 is 70.2 Å². The van der Waals surface area contributed by atoms with E-state index in [0.29, 0.717) is 31.3 Å². The van der Waals surface area contributed by atoms with Crippen LogP contribution in [0.15, 0.2) is 47.1 Å². The number of amides is 1. The summed E-state index contributed by atoms with van der Waals surface area (Å²) < 4.78 is 24.0. The Kier molecular flexibility index (Phi) is 7.79. The highest BCUT2D eigenvalue weighted by Crippen LogP contribution is 2.74. The van der Waals surface area contributed by atoms with E-state index >= 15 is 0 Å². The number of rotatable bonds is 6. The number of carbonyl (C=O) groups is 5. The second kappa shape index (κ2) is 11.0. The molecule has 11 unspecified atom stereocenters. The van der Waals surface area contributed by atoms with Gasteiger partial charge in [-0.05, 0) is 70.1 Å². The lowest BCUT2D eigenvalue weighted by Gasteiger charge is -2.61. The first-order chi connectivity index (χ1) is 21.9. The normalized spacial score (nSPS) is 42.4. The molecule has 3 fully saturated rings. The van der Waals surface area contributed by atoms with Gasteiger partial charge in [0.25, 0.3) is 0 Å². The molecule has 4 aliphatic carbocycles. The largest absolute Gasteiger partial charge is 0.458 e. The topological polar surface area (TPSA) is 149 Å². The van der Waals surface area contributed by atoms with E-state index in [-0.39, 0.29) is 23.6 Å². The van der Waals surface area contributed by atoms with Crippen LogP contribution in [0.2, 0.25) is 0 Å². The summed E-state index contributed by atoms with van der Waals surface area (Å²) in [5, 5.41) is 13.1. The molecule has 6 rings (SSSR count). The zero-order valence-corrected chi connectivity index (χ0v) is 28.3. The number of ketones is 1. The van der Waals surface area contributed by atoms with E-state index in [4.69, 9.17) is 18.9 Å². The van der Waals surface area contributed by atoms with E-state index in [1.807, 2.05) is 33.8 Å². The molecule has 1 amide bonds. The number of carbonyl (C=O) groups excluding carboxylic acids is 5. The zero-order chi connectivity index (χ0) is 34.4. The van der Waals surface area contributed by atoms with Crippen molar-refractivity contribution in [1.82, 2.24) is 4.90 Å². The summed E-state index contributed by atoms with van der Waals surface area (Å²) in [6, 6.07) is 0. The van der Waals surface area contributed by atoms with Crippen LogP contribution in [0.5, 0.6) is 0 Å².